The van der Waals surface area contributed by atoms with Crippen LogP contribution in [0.4, 0.5) is 0 Å². The van der Waals surface area contributed by atoms with Crippen molar-refractivity contribution in [3.8, 4) is 0 Å². The molecule has 1 unspecified atom stereocenters. The van der Waals surface area contributed by atoms with E-state index in [9.17, 15) is 0 Å². The van der Waals surface area contributed by atoms with E-state index in [1.807, 2.05) is 0 Å². The van der Waals surface area contributed by atoms with Gasteiger partial charge >= 0.3 is 0 Å². The maximum absolute atomic E-state index is 5.87. The summed E-state index contributed by atoms with van der Waals surface area (Å²) in [7, 11) is 0. The molecule has 11 heavy (non-hydrogen) atoms. The molecule has 0 spiro atoms. The van der Waals surface area contributed by atoms with Gasteiger partial charge in [0.1, 0.15) is 5.76 Å². The Bertz CT molecular complexity index is 267. The van der Waals surface area contributed by atoms with Gasteiger partial charge in [-0.05, 0) is 12.8 Å². The third kappa shape index (κ3) is 0.878. The van der Waals surface area contributed by atoms with Crippen molar-refractivity contribution in [2.75, 3.05) is 0 Å². The summed E-state index contributed by atoms with van der Waals surface area (Å²) in [5.41, 5.74) is 8.09. The molecule has 1 aliphatic rings. The molecule has 2 rings (SSSR count). The molecular weight excluding hydrogens is 140 g/mol. The van der Waals surface area contributed by atoms with Gasteiger partial charge in [-0.15, -0.1) is 0 Å². The van der Waals surface area contributed by atoms with Gasteiger partial charge in [-0.2, -0.15) is 0 Å². The highest BCUT2D eigenvalue weighted by molar-refractivity contribution is 5.30. The Kier molecular flexibility index (Phi) is 1.46. The first kappa shape index (κ1) is 6.85. The number of aryl methyl sites for hydroxylation is 2. The topological polar surface area (TPSA) is 52.0 Å². The van der Waals surface area contributed by atoms with E-state index in [2.05, 4.69) is 12.1 Å². The zero-order chi connectivity index (χ0) is 7.84. The smallest absolute Gasteiger partial charge is 0.141 e. The fourth-order valence-electron chi connectivity index (χ4n) is 1.66. The first-order valence-corrected chi connectivity index (χ1v) is 4.05. The average Bonchev–Trinajstić information content (AvgIpc) is 2.54. The summed E-state index contributed by atoms with van der Waals surface area (Å²) in [4.78, 5) is 0. The minimum Gasteiger partial charge on any atom is -0.361 e. The van der Waals surface area contributed by atoms with E-state index in [0.29, 0.717) is 0 Å². The molecule has 0 bridgehead atoms. The van der Waals surface area contributed by atoms with Crippen molar-refractivity contribution in [2.24, 2.45) is 5.73 Å². The van der Waals surface area contributed by atoms with Crippen LogP contribution in [0.15, 0.2) is 4.52 Å². The molecule has 1 aliphatic carbocycles. The van der Waals surface area contributed by atoms with Gasteiger partial charge in [0.2, 0.25) is 0 Å². The van der Waals surface area contributed by atoms with Crippen molar-refractivity contribution >= 4 is 0 Å². The van der Waals surface area contributed by atoms with Crippen LogP contribution in [-0.4, -0.2) is 5.16 Å². The average molecular weight is 152 g/mol. The molecule has 0 aromatic carbocycles. The van der Waals surface area contributed by atoms with E-state index < -0.39 is 0 Å². The standard InChI is InChI=1S/C8H12N2O/c1-2-6-8-5(9)3-4-7(8)11-10-6/h5H,2-4,9H2,1H3. The van der Waals surface area contributed by atoms with Gasteiger partial charge in [0.05, 0.1) is 5.69 Å². The van der Waals surface area contributed by atoms with Crippen molar-refractivity contribution in [3.05, 3.63) is 17.0 Å². The summed E-state index contributed by atoms with van der Waals surface area (Å²) >= 11 is 0. The summed E-state index contributed by atoms with van der Waals surface area (Å²) in [6, 6.07) is 0.172. The minimum absolute atomic E-state index is 0.172. The minimum atomic E-state index is 0.172. The van der Waals surface area contributed by atoms with Crippen LogP contribution in [0.1, 0.15) is 36.4 Å². The number of hydrogen-bond acceptors (Lipinski definition) is 3. The highest BCUT2D eigenvalue weighted by Crippen LogP contribution is 2.31. The van der Waals surface area contributed by atoms with E-state index >= 15 is 0 Å². The quantitative estimate of drug-likeness (QED) is 0.657. The second kappa shape index (κ2) is 2.34. The SMILES string of the molecule is CCc1noc2c1C(N)CC2. The third-order valence-electron chi connectivity index (χ3n) is 2.27. The number of aromatic nitrogens is 1. The molecule has 1 aromatic rings. The summed E-state index contributed by atoms with van der Waals surface area (Å²) in [5, 5.41) is 3.95. The monoisotopic (exact) mass is 152 g/mol. The van der Waals surface area contributed by atoms with Crippen LogP contribution in [0.25, 0.3) is 0 Å². The van der Waals surface area contributed by atoms with E-state index in [4.69, 9.17) is 10.3 Å². The molecule has 0 aliphatic heterocycles. The molecule has 1 atom stereocenters. The zero-order valence-electron chi connectivity index (χ0n) is 6.63. The lowest BCUT2D eigenvalue weighted by atomic mass is 10.1. The lowest BCUT2D eigenvalue weighted by Gasteiger charge is -2.00. The number of fused-ring (bicyclic) bond motifs is 1. The van der Waals surface area contributed by atoms with E-state index in [0.717, 1.165) is 30.7 Å². The molecule has 1 aromatic heterocycles. The second-order valence-corrected chi connectivity index (χ2v) is 2.96. The Morgan fingerprint density at radius 3 is 3.27 bits per heavy atom. The van der Waals surface area contributed by atoms with Gasteiger partial charge in [0.25, 0.3) is 0 Å². The largest absolute Gasteiger partial charge is 0.361 e. The summed E-state index contributed by atoms with van der Waals surface area (Å²) < 4.78 is 5.14. The van der Waals surface area contributed by atoms with Crippen molar-refractivity contribution in [1.29, 1.82) is 0 Å². The second-order valence-electron chi connectivity index (χ2n) is 2.96. The summed E-state index contributed by atoms with van der Waals surface area (Å²) in [6.07, 6.45) is 2.90. The molecule has 0 amide bonds. The summed E-state index contributed by atoms with van der Waals surface area (Å²) in [6.45, 7) is 2.07. The van der Waals surface area contributed by atoms with Crippen LogP contribution in [0, 0.1) is 0 Å². The lowest BCUT2D eigenvalue weighted by Crippen LogP contribution is -2.07. The number of hydrogen-bond donors (Lipinski definition) is 1. The van der Waals surface area contributed by atoms with Crippen LogP contribution in [-0.2, 0) is 12.8 Å². The zero-order valence-corrected chi connectivity index (χ0v) is 6.63. The van der Waals surface area contributed by atoms with Crippen LogP contribution >= 0.6 is 0 Å². The normalized spacial score (nSPS) is 22.2. The van der Waals surface area contributed by atoms with Gasteiger partial charge < -0.3 is 10.3 Å². The number of rotatable bonds is 1. The molecule has 3 nitrogen and oxygen atoms in total. The molecule has 0 fully saturated rings. The fraction of sp³-hybridized carbons (Fsp3) is 0.625. The van der Waals surface area contributed by atoms with E-state index in [1.54, 1.807) is 0 Å². The van der Waals surface area contributed by atoms with Crippen LogP contribution in [0.2, 0.25) is 0 Å². The highest BCUT2D eigenvalue weighted by Gasteiger charge is 2.26. The molecule has 1 heterocycles. The maximum Gasteiger partial charge on any atom is 0.141 e. The van der Waals surface area contributed by atoms with Gasteiger partial charge in [-0.3, -0.25) is 0 Å². The van der Waals surface area contributed by atoms with Crippen molar-refractivity contribution in [3.63, 3.8) is 0 Å². The lowest BCUT2D eigenvalue weighted by molar-refractivity contribution is 0.379. The summed E-state index contributed by atoms with van der Waals surface area (Å²) in [5.74, 6) is 1.01. The Hall–Kier alpha value is -0.830. The first-order chi connectivity index (χ1) is 5.33. The van der Waals surface area contributed by atoms with Gasteiger partial charge in [0, 0.05) is 18.0 Å². The number of nitrogens with zero attached hydrogens (tertiary/aromatic N) is 1. The maximum atomic E-state index is 5.87. The van der Waals surface area contributed by atoms with Crippen LogP contribution in [0.5, 0.6) is 0 Å². The fourth-order valence-corrected chi connectivity index (χ4v) is 1.66. The Labute approximate surface area is 65.6 Å². The van der Waals surface area contributed by atoms with Gasteiger partial charge in [-0.1, -0.05) is 12.1 Å². The Morgan fingerprint density at radius 2 is 2.55 bits per heavy atom. The van der Waals surface area contributed by atoms with Crippen molar-refractivity contribution in [2.45, 2.75) is 32.2 Å². The molecule has 0 saturated carbocycles. The molecule has 3 heteroatoms. The molecule has 2 N–H and O–H groups in total. The predicted octanol–water partition coefficient (Wildman–Crippen LogP) is 1.18. The third-order valence-corrected chi connectivity index (χ3v) is 2.27. The highest BCUT2D eigenvalue weighted by atomic mass is 16.5. The van der Waals surface area contributed by atoms with Gasteiger partial charge in [0.15, 0.2) is 0 Å². The van der Waals surface area contributed by atoms with Crippen LogP contribution in [0.3, 0.4) is 0 Å². The van der Waals surface area contributed by atoms with Crippen molar-refractivity contribution in [1.82, 2.24) is 5.16 Å². The van der Waals surface area contributed by atoms with Crippen LogP contribution < -0.4 is 5.73 Å². The molecule has 60 valence electrons. The van der Waals surface area contributed by atoms with Crippen molar-refractivity contribution < 1.29 is 4.52 Å². The number of nitrogens with two attached hydrogens (primary N) is 1. The van der Waals surface area contributed by atoms with E-state index in [1.165, 1.54) is 5.56 Å². The predicted molar refractivity (Wildman–Crippen MR) is 41.1 cm³/mol. The van der Waals surface area contributed by atoms with Gasteiger partial charge in [-0.25, -0.2) is 0 Å². The Balaban J connectivity index is 2.46. The Morgan fingerprint density at radius 1 is 1.73 bits per heavy atom. The molecular formula is C8H12N2O. The first-order valence-electron chi connectivity index (χ1n) is 4.05. The molecule has 0 radical (unpaired) electrons. The molecule has 0 saturated heterocycles. The van der Waals surface area contributed by atoms with E-state index in [-0.39, 0.29) is 6.04 Å².